The predicted molar refractivity (Wildman–Crippen MR) is 111 cm³/mol. The molecule has 1 atom stereocenters. The number of carbonyl (C=O) groups excluding carboxylic acids is 2. The minimum Gasteiger partial charge on any atom is -0.497 e. The van der Waals surface area contributed by atoms with Crippen LogP contribution in [-0.2, 0) is 16.9 Å². The van der Waals surface area contributed by atoms with E-state index < -0.39 is 11.6 Å². The van der Waals surface area contributed by atoms with Crippen LogP contribution in [-0.4, -0.2) is 42.1 Å². The van der Waals surface area contributed by atoms with Gasteiger partial charge in [-0.15, -0.1) is 17.9 Å². The van der Waals surface area contributed by atoms with Crippen molar-refractivity contribution in [2.75, 3.05) is 20.3 Å². The highest BCUT2D eigenvalue weighted by atomic mass is 35.5. The minimum absolute atomic E-state index is 0.158. The van der Waals surface area contributed by atoms with Crippen LogP contribution < -0.4 is 10.1 Å². The fraction of sp³-hybridized carbons (Fsp3) is 0.300. The van der Waals surface area contributed by atoms with Crippen LogP contribution in [0, 0.1) is 0 Å². The van der Waals surface area contributed by atoms with Gasteiger partial charge in [-0.3, -0.25) is 9.69 Å². The standard InChI is InChI=1S/C20H22ClN3O3S/c1-4-10-23(12-16-8-9-17(21)28-16)13-24-18(25)20(2,22-19(24)26)14-6-5-7-15(11-14)27-3/h4-9,11H,1,10,12-13H2,2-3H3,(H,22,26)/t20-/m0/s1. The molecule has 1 aliphatic heterocycles. The molecule has 1 aromatic heterocycles. The average molecular weight is 420 g/mol. The lowest BCUT2D eigenvalue weighted by Crippen LogP contribution is -2.43. The van der Waals surface area contributed by atoms with Gasteiger partial charge in [0.1, 0.15) is 11.3 Å². The normalized spacial score (nSPS) is 19.2. The molecule has 3 amide bonds. The fourth-order valence-electron chi connectivity index (χ4n) is 3.17. The van der Waals surface area contributed by atoms with Crippen molar-refractivity contribution in [3.05, 3.63) is 63.8 Å². The van der Waals surface area contributed by atoms with E-state index in [1.165, 1.54) is 16.2 Å². The largest absolute Gasteiger partial charge is 0.497 e. The van der Waals surface area contributed by atoms with Gasteiger partial charge in [0.2, 0.25) is 0 Å². The number of rotatable bonds is 8. The second kappa shape index (κ2) is 8.34. The van der Waals surface area contributed by atoms with Gasteiger partial charge in [-0.05, 0) is 36.8 Å². The van der Waals surface area contributed by atoms with E-state index in [1.54, 1.807) is 44.4 Å². The monoisotopic (exact) mass is 419 g/mol. The van der Waals surface area contributed by atoms with Crippen molar-refractivity contribution in [2.24, 2.45) is 0 Å². The molecular formula is C20H22ClN3O3S. The van der Waals surface area contributed by atoms with Crippen molar-refractivity contribution in [1.82, 2.24) is 15.1 Å². The van der Waals surface area contributed by atoms with Crippen LogP contribution in [0.1, 0.15) is 17.4 Å². The third-order valence-electron chi connectivity index (χ3n) is 4.66. The summed E-state index contributed by atoms with van der Waals surface area (Å²) < 4.78 is 5.95. The Morgan fingerprint density at radius 1 is 1.36 bits per heavy atom. The summed E-state index contributed by atoms with van der Waals surface area (Å²) in [7, 11) is 1.56. The van der Waals surface area contributed by atoms with Crippen LogP contribution >= 0.6 is 22.9 Å². The van der Waals surface area contributed by atoms with Gasteiger partial charge in [0.15, 0.2) is 0 Å². The zero-order valence-electron chi connectivity index (χ0n) is 15.8. The van der Waals surface area contributed by atoms with Crippen LogP contribution in [0.4, 0.5) is 4.79 Å². The lowest BCUT2D eigenvalue weighted by Gasteiger charge is -2.26. The number of hydrogen-bond donors (Lipinski definition) is 1. The molecule has 1 aliphatic rings. The molecule has 6 nitrogen and oxygen atoms in total. The van der Waals surface area contributed by atoms with Crippen LogP contribution in [0.15, 0.2) is 49.1 Å². The molecule has 1 N–H and O–H groups in total. The first kappa shape index (κ1) is 20.4. The highest BCUT2D eigenvalue weighted by Gasteiger charge is 2.49. The third kappa shape index (κ3) is 4.06. The molecule has 8 heteroatoms. The van der Waals surface area contributed by atoms with Crippen LogP contribution in [0.3, 0.4) is 0 Å². The molecule has 1 fully saturated rings. The number of hydrogen-bond acceptors (Lipinski definition) is 5. The first-order valence-corrected chi connectivity index (χ1v) is 9.93. The van der Waals surface area contributed by atoms with Gasteiger partial charge in [0.05, 0.1) is 18.1 Å². The predicted octanol–water partition coefficient (Wildman–Crippen LogP) is 3.82. The molecular weight excluding hydrogens is 398 g/mol. The van der Waals surface area contributed by atoms with E-state index in [-0.39, 0.29) is 12.6 Å². The summed E-state index contributed by atoms with van der Waals surface area (Å²) in [6.07, 6.45) is 1.74. The van der Waals surface area contributed by atoms with Gasteiger partial charge in [0, 0.05) is 18.0 Å². The van der Waals surface area contributed by atoms with E-state index in [1.807, 2.05) is 17.0 Å². The van der Waals surface area contributed by atoms with Crippen molar-refractivity contribution in [2.45, 2.75) is 19.0 Å². The van der Waals surface area contributed by atoms with Crippen molar-refractivity contribution in [1.29, 1.82) is 0 Å². The maximum atomic E-state index is 13.2. The fourth-order valence-corrected chi connectivity index (χ4v) is 4.30. The van der Waals surface area contributed by atoms with Gasteiger partial charge >= 0.3 is 6.03 Å². The Morgan fingerprint density at radius 3 is 2.79 bits per heavy atom. The highest BCUT2D eigenvalue weighted by molar-refractivity contribution is 7.16. The number of nitrogens with zero attached hydrogens (tertiary/aromatic N) is 2. The quantitative estimate of drug-likeness (QED) is 0.522. The smallest absolute Gasteiger partial charge is 0.326 e. The lowest BCUT2D eigenvalue weighted by molar-refractivity contribution is -0.132. The second-order valence-corrected chi connectivity index (χ2v) is 8.47. The number of amides is 3. The number of urea groups is 1. The molecule has 0 bridgehead atoms. The lowest BCUT2D eigenvalue weighted by atomic mass is 9.92. The Morgan fingerprint density at radius 2 is 2.14 bits per heavy atom. The number of methoxy groups -OCH3 is 1. The summed E-state index contributed by atoms with van der Waals surface area (Å²) >= 11 is 7.48. The van der Waals surface area contributed by atoms with E-state index in [2.05, 4.69) is 11.9 Å². The molecule has 2 heterocycles. The second-order valence-electron chi connectivity index (χ2n) is 6.67. The van der Waals surface area contributed by atoms with Crippen molar-refractivity contribution in [3.63, 3.8) is 0 Å². The Bertz CT molecular complexity index is 900. The molecule has 1 saturated heterocycles. The van der Waals surface area contributed by atoms with Crippen LogP contribution in [0.25, 0.3) is 0 Å². The van der Waals surface area contributed by atoms with Crippen LogP contribution in [0.5, 0.6) is 5.75 Å². The molecule has 0 radical (unpaired) electrons. The van der Waals surface area contributed by atoms with Gasteiger partial charge in [-0.2, -0.15) is 0 Å². The topological polar surface area (TPSA) is 61.9 Å². The number of imide groups is 1. The summed E-state index contributed by atoms with van der Waals surface area (Å²) in [5.74, 6) is 0.325. The van der Waals surface area contributed by atoms with Gasteiger partial charge < -0.3 is 10.1 Å². The van der Waals surface area contributed by atoms with Crippen molar-refractivity contribution < 1.29 is 14.3 Å². The van der Waals surface area contributed by atoms with Gasteiger partial charge in [-0.25, -0.2) is 9.69 Å². The van der Waals surface area contributed by atoms with Gasteiger partial charge in [-0.1, -0.05) is 29.8 Å². The van der Waals surface area contributed by atoms with Gasteiger partial charge in [0.25, 0.3) is 5.91 Å². The van der Waals surface area contributed by atoms with E-state index in [9.17, 15) is 9.59 Å². The molecule has 0 saturated carbocycles. The Balaban J connectivity index is 1.80. The number of thiophene rings is 1. The molecule has 0 spiro atoms. The third-order valence-corrected chi connectivity index (χ3v) is 5.87. The summed E-state index contributed by atoms with van der Waals surface area (Å²) in [4.78, 5) is 30.0. The van der Waals surface area contributed by atoms with E-state index in [4.69, 9.17) is 16.3 Å². The SMILES string of the molecule is C=CCN(Cc1ccc(Cl)s1)CN1C(=O)N[C@@](C)(c2cccc(OC)c2)C1=O. The first-order valence-electron chi connectivity index (χ1n) is 8.73. The Labute approximate surface area is 173 Å². The van der Waals surface area contributed by atoms with E-state index in [0.717, 1.165) is 4.88 Å². The van der Waals surface area contributed by atoms with Crippen molar-refractivity contribution >= 4 is 34.9 Å². The van der Waals surface area contributed by atoms with Crippen LogP contribution in [0.2, 0.25) is 4.34 Å². The maximum Gasteiger partial charge on any atom is 0.326 e. The molecule has 148 valence electrons. The minimum atomic E-state index is -1.14. The zero-order valence-corrected chi connectivity index (χ0v) is 17.3. The first-order chi connectivity index (χ1) is 13.4. The number of nitrogens with one attached hydrogen (secondary N) is 1. The molecule has 0 unspecified atom stereocenters. The Kier molecular flexibility index (Phi) is 6.07. The maximum absolute atomic E-state index is 13.2. The summed E-state index contributed by atoms with van der Waals surface area (Å²) in [6.45, 7) is 6.73. The van der Waals surface area contributed by atoms with Crippen molar-refractivity contribution in [3.8, 4) is 5.75 Å². The number of benzene rings is 1. The number of halogens is 1. The Hall–Kier alpha value is -2.35. The molecule has 2 aromatic rings. The van der Waals surface area contributed by atoms with E-state index >= 15 is 0 Å². The number of ether oxygens (including phenoxy) is 1. The molecule has 28 heavy (non-hydrogen) atoms. The highest BCUT2D eigenvalue weighted by Crippen LogP contribution is 2.31. The molecule has 0 aliphatic carbocycles. The summed E-state index contributed by atoms with van der Waals surface area (Å²) in [5.41, 5.74) is -0.467. The molecule has 1 aromatic carbocycles. The summed E-state index contributed by atoms with van der Waals surface area (Å²) in [6, 6.07) is 10.5. The number of carbonyl (C=O) groups is 2. The van der Waals surface area contributed by atoms with E-state index in [0.29, 0.717) is 28.7 Å². The zero-order chi connectivity index (χ0) is 20.3. The summed E-state index contributed by atoms with van der Waals surface area (Å²) in [5, 5.41) is 2.82. The molecule has 3 rings (SSSR count). The average Bonchev–Trinajstić information content (AvgIpc) is 3.18.